The van der Waals surface area contributed by atoms with Crippen LogP contribution in [-0.4, -0.2) is 30.3 Å². The molecule has 1 atom stereocenters. The van der Waals surface area contributed by atoms with Gasteiger partial charge in [-0.15, -0.1) is 0 Å². The third kappa shape index (κ3) is 4.11. The van der Waals surface area contributed by atoms with Crippen molar-refractivity contribution < 1.29 is 35.9 Å². The fraction of sp³-hybridized carbons (Fsp3) is 0.286. The molecule has 0 fully saturated rings. The van der Waals surface area contributed by atoms with Crippen molar-refractivity contribution in [3.63, 3.8) is 0 Å². The summed E-state index contributed by atoms with van der Waals surface area (Å²) in [6.07, 6.45) is -3.28. The number of carbonyl (C=O) groups is 1. The van der Waals surface area contributed by atoms with Crippen molar-refractivity contribution in [2.24, 2.45) is 0 Å². The van der Waals surface area contributed by atoms with Gasteiger partial charge < -0.3 is 9.67 Å². The van der Waals surface area contributed by atoms with E-state index in [2.05, 4.69) is 0 Å². The van der Waals surface area contributed by atoms with Crippen LogP contribution in [0.4, 0.5) is 17.6 Å². The highest BCUT2D eigenvalue weighted by atomic mass is 32.2. The number of halogens is 4. The number of alkyl halides is 3. The van der Waals surface area contributed by atoms with Gasteiger partial charge in [0.2, 0.25) is 0 Å². The number of carboxylic acids is 1. The highest BCUT2D eigenvalue weighted by molar-refractivity contribution is 7.99. The van der Waals surface area contributed by atoms with Gasteiger partial charge in [-0.05, 0) is 42.8 Å². The number of hydrogen-bond donors (Lipinski definition) is 1. The number of rotatable bonds is 5. The normalized spacial score (nSPS) is 16.5. The van der Waals surface area contributed by atoms with Crippen LogP contribution in [0.15, 0.2) is 51.1 Å². The minimum absolute atomic E-state index is 0.201. The first-order valence-corrected chi connectivity index (χ1v) is 12.2. The van der Waals surface area contributed by atoms with Crippen LogP contribution in [0.1, 0.15) is 30.0 Å². The molecule has 5 nitrogen and oxygen atoms in total. The Bertz CT molecular complexity index is 1330. The monoisotopic (exact) mass is 487 g/mol. The zero-order valence-electron chi connectivity index (χ0n) is 16.6. The fourth-order valence-electron chi connectivity index (χ4n) is 4.09. The van der Waals surface area contributed by atoms with Gasteiger partial charge in [-0.1, -0.05) is 11.8 Å². The summed E-state index contributed by atoms with van der Waals surface area (Å²) < 4.78 is 79.6. The van der Waals surface area contributed by atoms with Gasteiger partial charge in [-0.3, -0.25) is 4.79 Å². The van der Waals surface area contributed by atoms with Gasteiger partial charge in [0.05, 0.1) is 22.4 Å². The Labute approximate surface area is 185 Å². The molecular formula is C21H17F4NO4S2. The number of aryl methyl sites for hydroxylation is 1. The van der Waals surface area contributed by atoms with Crippen LogP contribution in [0.25, 0.3) is 10.9 Å². The lowest BCUT2D eigenvalue weighted by Gasteiger charge is -2.12. The Hall–Kier alpha value is -2.53. The molecule has 3 aromatic rings. The second kappa shape index (κ2) is 7.80. The lowest BCUT2D eigenvalue weighted by Crippen LogP contribution is -2.05. The van der Waals surface area contributed by atoms with Crippen LogP contribution in [0, 0.1) is 5.82 Å². The maximum Gasteiger partial charge on any atom is 0.416 e. The van der Waals surface area contributed by atoms with Crippen molar-refractivity contribution in [3.8, 4) is 0 Å². The summed E-state index contributed by atoms with van der Waals surface area (Å²) in [6, 6.07) is 6.51. The van der Waals surface area contributed by atoms with Gasteiger partial charge in [0, 0.05) is 39.6 Å². The van der Waals surface area contributed by atoms with E-state index in [1.165, 1.54) is 18.2 Å². The molecule has 0 radical (unpaired) electrons. The molecule has 0 spiro atoms. The van der Waals surface area contributed by atoms with Crippen LogP contribution in [0.3, 0.4) is 0 Å². The molecule has 0 bridgehead atoms. The first-order valence-electron chi connectivity index (χ1n) is 9.49. The molecule has 2 heterocycles. The van der Waals surface area contributed by atoms with E-state index in [-0.39, 0.29) is 16.7 Å². The van der Waals surface area contributed by atoms with E-state index in [9.17, 15) is 35.9 Å². The third-order valence-corrected chi connectivity index (χ3v) is 7.64. The Kier molecular flexibility index (Phi) is 5.52. The molecule has 11 heteroatoms. The quantitative estimate of drug-likeness (QED) is 0.494. The number of sulfone groups is 1. The van der Waals surface area contributed by atoms with Crippen molar-refractivity contribution in [1.29, 1.82) is 0 Å². The zero-order valence-corrected chi connectivity index (χ0v) is 18.2. The Morgan fingerprint density at radius 1 is 1.22 bits per heavy atom. The fourth-order valence-corrected chi connectivity index (χ4v) is 6.27. The number of aliphatic carboxylic acids is 1. The average molecular weight is 487 g/mol. The lowest BCUT2D eigenvalue weighted by molar-refractivity contribution is -0.138. The molecule has 32 heavy (non-hydrogen) atoms. The first-order chi connectivity index (χ1) is 14.9. The van der Waals surface area contributed by atoms with Gasteiger partial charge in [0.15, 0.2) is 9.84 Å². The van der Waals surface area contributed by atoms with Gasteiger partial charge in [-0.2, -0.15) is 13.2 Å². The number of nitrogens with zero attached hydrogens (tertiary/aromatic N) is 1. The molecular weight excluding hydrogens is 470 g/mol. The van der Waals surface area contributed by atoms with Crippen LogP contribution in [-0.2, 0) is 27.4 Å². The van der Waals surface area contributed by atoms with Crippen LogP contribution in [0.2, 0.25) is 0 Å². The summed E-state index contributed by atoms with van der Waals surface area (Å²) in [6.45, 7) is 0.379. The predicted molar refractivity (Wildman–Crippen MR) is 110 cm³/mol. The number of carboxylic acid groups (broad SMARTS) is 1. The molecule has 170 valence electrons. The van der Waals surface area contributed by atoms with E-state index in [1.54, 1.807) is 4.57 Å². The van der Waals surface area contributed by atoms with E-state index in [0.29, 0.717) is 34.0 Å². The van der Waals surface area contributed by atoms with Crippen LogP contribution in [0.5, 0.6) is 0 Å². The van der Waals surface area contributed by atoms with Gasteiger partial charge in [0.25, 0.3) is 0 Å². The first kappa shape index (κ1) is 22.7. The number of hydrogen-bond acceptors (Lipinski definition) is 4. The molecule has 4 rings (SSSR count). The molecule has 1 N–H and O–H groups in total. The summed E-state index contributed by atoms with van der Waals surface area (Å²) in [4.78, 5) is 12.0. The summed E-state index contributed by atoms with van der Waals surface area (Å²) in [7, 11) is -3.85. The minimum atomic E-state index is -4.50. The Balaban J connectivity index is 1.94. The number of fused-ring (bicyclic) bond motifs is 3. The summed E-state index contributed by atoms with van der Waals surface area (Å²) in [5.41, 5.74) is 0.0574. The maximum absolute atomic E-state index is 14.3. The van der Waals surface area contributed by atoms with Crippen molar-refractivity contribution >= 4 is 38.5 Å². The highest BCUT2D eigenvalue weighted by Crippen LogP contribution is 2.48. The van der Waals surface area contributed by atoms with Crippen molar-refractivity contribution in [1.82, 2.24) is 4.57 Å². The number of aromatic nitrogens is 1. The van der Waals surface area contributed by atoms with Crippen molar-refractivity contribution in [2.45, 2.75) is 46.2 Å². The van der Waals surface area contributed by atoms with Gasteiger partial charge in [-0.25, -0.2) is 12.8 Å². The average Bonchev–Trinajstić information content (AvgIpc) is 3.19. The zero-order chi connectivity index (χ0) is 23.4. The predicted octanol–water partition coefficient (Wildman–Crippen LogP) is 5.32. The standard InChI is InChI=1S/C21H17F4NO4S2/c1-32(29,30)16-10-13(22)9-15-18(16)20(19-11(8-17(27)28)6-7-26(15)19)31-14-4-2-12(3-5-14)21(23,24)25/h2-5,9-11H,6-8H2,1H3,(H,27,28)/t11-/m0/s1. The molecule has 1 aliphatic rings. The SMILES string of the molecule is CS(=O)(=O)c1cc(F)cc2c1c(Sc1ccc(C(F)(F)F)cc1)c1n2CC[C@H]1CC(=O)O. The van der Waals surface area contributed by atoms with Gasteiger partial charge >= 0.3 is 12.1 Å². The smallest absolute Gasteiger partial charge is 0.416 e. The molecule has 0 saturated heterocycles. The number of benzene rings is 2. The molecule has 0 saturated carbocycles. The second-order valence-electron chi connectivity index (χ2n) is 7.64. The molecule has 1 aromatic heterocycles. The molecule has 0 unspecified atom stereocenters. The molecule has 0 aliphatic carbocycles. The van der Waals surface area contributed by atoms with Crippen molar-refractivity contribution in [3.05, 3.63) is 53.5 Å². The molecule has 1 aliphatic heterocycles. The summed E-state index contributed by atoms with van der Waals surface area (Å²) >= 11 is 1.05. The van der Waals surface area contributed by atoms with E-state index >= 15 is 0 Å². The molecule has 0 amide bonds. The van der Waals surface area contributed by atoms with E-state index in [1.807, 2.05) is 0 Å². The third-order valence-electron chi connectivity index (χ3n) is 5.40. The van der Waals surface area contributed by atoms with E-state index in [4.69, 9.17) is 0 Å². The van der Waals surface area contributed by atoms with Crippen molar-refractivity contribution in [2.75, 3.05) is 6.26 Å². The van der Waals surface area contributed by atoms with E-state index < -0.39 is 39.3 Å². The second-order valence-corrected chi connectivity index (χ2v) is 10.7. The summed E-state index contributed by atoms with van der Waals surface area (Å²) in [5, 5.41) is 9.56. The lowest BCUT2D eigenvalue weighted by atomic mass is 10.0. The summed E-state index contributed by atoms with van der Waals surface area (Å²) in [5.74, 6) is -2.22. The van der Waals surface area contributed by atoms with Gasteiger partial charge in [0.1, 0.15) is 5.82 Å². The minimum Gasteiger partial charge on any atom is -0.481 e. The van der Waals surface area contributed by atoms with E-state index in [0.717, 1.165) is 36.2 Å². The Morgan fingerprint density at radius 2 is 1.88 bits per heavy atom. The van der Waals surface area contributed by atoms with Crippen LogP contribution < -0.4 is 0 Å². The topological polar surface area (TPSA) is 76.4 Å². The largest absolute Gasteiger partial charge is 0.481 e. The maximum atomic E-state index is 14.3. The molecule has 2 aromatic carbocycles. The highest BCUT2D eigenvalue weighted by Gasteiger charge is 2.34. The Morgan fingerprint density at radius 3 is 2.44 bits per heavy atom. The van der Waals surface area contributed by atoms with Crippen LogP contribution >= 0.6 is 11.8 Å².